The number of halogens is 1. The zero-order valence-electron chi connectivity index (χ0n) is 16.0. The van der Waals surface area contributed by atoms with Gasteiger partial charge in [0.15, 0.2) is 0 Å². The SMILES string of the molecule is CCOc1ccccc1-c1nc(CN2CCN(c3ccc(F)cc3)CC2)co1. The fourth-order valence-corrected chi connectivity index (χ4v) is 3.47. The van der Waals surface area contributed by atoms with Gasteiger partial charge in [-0.25, -0.2) is 9.37 Å². The summed E-state index contributed by atoms with van der Waals surface area (Å²) in [5.74, 6) is 1.17. The average molecular weight is 381 g/mol. The second kappa shape index (κ2) is 8.44. The molecule has 0 radical (unpaired) electrons. The number of nitrogens with zero attached hydrogens (tertiary/aromatic N) is 3. The number of hydrogen-bond donors (Lipinski definition) is 0. The van der Waals surface area contributed by atoms with Crippen molar-refractivity contribution >= 4 is 5.69 Å². The van der Waals surface area contributed by atoms with Gasteiger partial charge in [0.05, 0.1) is 17.9 Å². The van der Waals surface area contributed by atoms with E-state index in [1.54, 1.807) is 6.26 Å². The largest absolute Gasteiger partial charge is 0.493 e. The number of benzene rings is 2. The van der Waals surface area contributed by atoms with Crippen LogP contribution < -0.4 is 9.64 Å². The van der Waals surface area contributed by atoms with E-state index in [0.29, 0.717) is 12.5 Å². The molecule has 0 bridgehead atoms. The molecule has 1 aliphatic rings. The van der Waals surface area contributed by atoms with Crippen molar-refractivity contribution in [1.82, 2.24) is 9.88 Å². The molecule has 6 heteroatoms. The number of rotatable bonds is 6. The number of hydrogen-bond acceptors (Lipinski definition) is 5. The lowest BCUT2D eigenvalue weighted by Gasteiger charge is -2.35. The first-order chi connectivity index (χ1) is 13.7. The van der Waals surface area contributed by atoms with Gasteiger partial charge in [-0.1, -0.05) is 12.1 Å². The van der Waals surface area contributed by atoms with Crippen LogP contribution in [0.25, 0.3) is 11.5 Å². The van der Waals surface area contributed by atoms with Crippen LogP contribution in [-0.4, -0.2) is 42.7 Å². The Kier molecular flexibility index (Phi) is 5.58. The lowest BCUT2D eigenvalue weighted by Crippen LogP contribution is -2.46. The van der Waals surface area contributed by atoms with Gasteiger partial charge >= 0.3 is 0 Å². The Hall–Kier alpha value is -2.86. The zero-order chi connectivity index (χ0) is 19.3. The molecular formula is C22H24FN3O2. The van der Waals surface area contributed by atoms with Crippen LogP contribution in [0.2, 0.25) is 0 Å². The van der Waals surface area contributed by atoms with Crippen LogP contribution in [0.15, 0.2) is 59.2 Å². The van der Waals surface area contributed by atoms with Crippen LogP contribution in [0.4, 0.5) is 10.1 Å². The Bertz CT molecular complexity index is 902. The molecule has 1 fully saturated rings. The van der Waals surface area contributed by atoms with E-state index < -0.39 is 0 Å². The van der Waals surface area contributed by atoms with Crippen LogP contribution in [-0.2, 0) is 6.54 Å². The van der Waals surface area contributed by atoms with Gasteiger partial charge in [-0.2, -0.15) is 0 Å². The number of oxazole rings is 1. The molecule has 5 nitrogen and oxygen atoms in total. The highest BCUT2D eigenvalue weighted by molar-refractivity contribution is 5.62. The number of anilines is 1. The maximum absolute atomic E-state index is 13.1. The molecule has 0 aliphatic carbocycles. The number of ether oxygens (including phenoxy) is 1. The summed E-state index contributed by atoms with van der Waals surface area (Å²) in [7, 11) is 0. The summed E-state index contributed by atoms with van der Waals surface area (Å²) in [6.45, 7) is 6.97. The molecule has 2 heterocycles. The third kappa shape index (κ3) is 4.17. The number of aromatic nitrogens is 1. The van der Waals surface area contributed by atoms with Crippen LogP contribution in [0.5, 0.6) is 5.75 Å². The van der Waals surface area contributed by atoms with E-state index in [0.717, 1.165) is 55.4 Å². The first kappa shape index (κ1) is 18.5. The van der Waals surface area contributed by atoms with Gasteiger partial charge in [-0.05, 0) is 43.3 Å². The minimum Gasteiger partial charge on any atom is -0.493 e. The molecule has 0 atom stereocenters. The molecule has 1 saturated heterocycles. The Morgan fingerprint density at radius 3 is 2.54 bits per heavy atom. The monoisotopic (exact) mass is 381 g/mol. The normalized spacial score (nSPS) is 15.0. The molecule has 146 valence electrons. The minimum atomic E-state index is -0.199. The maximum atomic E-state index is 13.1. The molecule has 2 aromatic carbocycles. The molecule has 1 aromatic heterocycles. The molecule has 3 aromatic rings. The van der Waals surface area contributed by atoms with E-state index >= 15 is 0 Å². The summed E-state index contributed by atoms with van der Waals surface area (Å²) in [6, 6.07) is 14.5. The maximum Gasteiger partial charge on any atom is 0.229 e. The first-order valence-electron chi connectivity index (χ1n) is 9.62. The number of piperazine rings is 1. The fraction of sp³-hybridized carbons (Fsp3) is 0.318. The van der Waals surface area contributed by atoms with Crippen molar-refractivity contribution in [2.75, 3.05) is 37.7 Å². The second-order valence-corrected chi connectivity index (χ2v) is 6.81. The summed E-state index contributed by atoms with van der Waals surface area (Å²) in [4.78, 5) is 9.30. The van der Waals surface area contributed by atoms with E-state index in [-0.39, 0.29) is 5.82 Å². The van der Waals surface area contributed by atoms with Gasteiger partial charge in [-0.3, -0.25) is 4.90 Å². The molecular weight excluding hydrogens is 357 g/mol. The lowest BCUT2D eigenvalue weighted by atomic mass is 10.2. The Labute approximate surface area is 164 Å². The van der Waals surface area contributed by atoms with Gasteiger partial charge in [0, 0.05) is 38.4 Å². The third-order valence-corrected chi connectivity index (χ3v) is 4.92. The molecule has 28 heavy (non-hydrogen) atoms. The smallest absolute Gasteiger partial charge is 0.229 e. The van der Waals surface area contributed by atoms with Crippen molar-refractivity contribution in [3.8, 4) is 17.2 Å². The van der Waals surface area contributed by atoms with E-state index in [2.05, 4.69) is 14.8 Å². The topological polar surface area (TPSA) is 41.7 Å². The molecule has 1 aliphatic heterocycles. The number of para-hydroxylation sites is 1. The van der Waals surface area contributed by atoms with Crippen LogP contribution in [0.3, 0.4) is 0 Å². The van der Waals surface area contributed by atoms with E-state index in [1.165, 1.54) is 12.1 Å². The third-order valence-electron chi connectivity index (χ3n) is 4.92. The minimum absolute atomic E-state index is 0.199. The van der Waals surface area contributed by atoms with Gasteiger partial charge in [0.25, 0.3) is 0 Å². The summed E-state index contributed by atoms with van der Waals surface area (Å²) >= 11 is 0. The first-order valence-corrected chi connectivity index (χ1v) is 9.62. The summed E-state index contributed by atoms with van der Waals surface area (Å²) < 4.78 is 24.5. The Morgan fingerprint density at radius 2 is 1.79 bits per heavy atom. The van der Waals surface area contributed by atoms with Crippen molar-refractivity contribution in [2.45, 2.75) is 13.5 Å². The molecule has 0 spiro atoms. The average Bonchev–Trinajstić information content (AvgIpc) is 3.18. The van der Waals surface area contributed by atoms with Gasteiger partial charge in [-0.15, -0.1) is 0 Å². The Balaban J connectivity index is 1.37. The van der Waals surface area contributed by atoms with E-state index in [4.69, 9.17) is 9.15 Å². The van der Waals surface area contributed by atoms with Crippen molar-refractivity contribution in [3.63, 3.8) is 0 Å². The van der Waals surface area contributed by atoms with Crippen molar-refractivity contribution in [1.29, 1.82) is 0 Å². The standard InChI is InChI=1S/C22H24FN3O2/c1-2-27-21-6-4-3-5-20(21)22-24-18(16-28-22)15-25-11-13-26(14-12-25)19-9-7-17(23)8-10-19/h3-10,16H,2,11-15H2,1H3. The summed E-state index contributed by atoms with van der Waals surface area (Å²) in [5.41, 5.74) is 2.85. The summed E-state index contributed by atoms with van der Waals surface area (Å²) in [6.07, 6.45) is 1.73. The highest BCUT2D eigenvalue weighted by Crippen LogP contribution is 2.29. The molecule has 0 saturated carbocycles. The highest BCUT2D eigenvalue weighted by Gasteiger charge is 2.19. The quantitative estimate of drug-likeness (QED) is 0.640. The second-order valence-electron chi connectivity index (χ2n) is 6.81. The predicted octanol–water partition coefficient (Wildman–Crippen LogP) is 4.20. The highest BCUT2D eigenvalue weighted by atomic mass is 19.1. The Morgan fingerprint density at radius 1 is 1.04 bits per heavy atom. The molecule has 4 rings (SSSR count). The zero-order valence-corrected chi connectivity index (χ0v) is 16.0. The van der Waals surface area contributed by atoms with Crippen LogP contribution >= 0.6 is 0 Å². The van der Waals surface area contributed by atoms with Crippen LogP contribution in [0, 0.1) is 5.82 Å². The van der Waals surface area contributed by atoms with Crippen molar-refractivity contribution in [2.24, 2.45) is 0 Å². The molecule has 0 unspecified atom stereocenters. The van der Waals surface area contributed by atoms with E-state index in [1.807, 2.05) is 43.3 Å². The van der Waals surface area contributed by atoms with Gasteiger partial charge in [0.2, 0.25) is 5.89 Å². The van der Waals surface area contributed by atoms with Crippen molar-refractivity contribution < 1.29 is 13.5 Å². The predicted molar refractivity (Wildman–Crippen MR) is 107 cm³/mol. The molecule has 0 N–H and O–H groups in total. The van der Waals surface area contributed by atoms with Crippen molar-refractivity contribution in [3.05, 3.63) is 66.3 Å². The lowest BCUT2D eigenvalue weighted by molar-refractivity contribution is 0.247. The molecule has 0 amide bonds. The fourth-order valence-electron chi connectivity index (χ4n) is 3.47. The summed E-state index contributed by atoms with van der Waals surface area (Å²) in [5, 5.41) is 0. The van der Waals surface area contributed by atoms with E-state index in [9.17, 15) is 4.39 Å². The van der Waals surface area contributed by atoms with Crippen LogP contribution in [0.1, 0.15) is 12.6 Å². The van der Waals surface area contributed by atoms with Gasteiger partial charge in [0.1, 0.15) is 17.8 Å². The van der Waals surface area contributed by atoms with Gasteiger partial charge < -0.3 is 14.1 Å².